The van der Waals surface area contributed by atoms with Crippen LogP contribution in [0, 0.1) is 17.7 Å². The fourth-order valence-electron chi connectivity index (χ4n) is 2.49. The van der Waals surface area contributed by atoms with E-state index in [9.17, 15) is 4.39 Å². The molecule has 1 aromatic heterocycles. The molecule has 0 radical (unpaired) electrons. The summed E-state index contributed by atoms with van der Waals surface area (Å²) < 4.78 is 18.2. The van der Waals surface area contributed by atoms with E-state index in [4.69, 9.17) is 4.42 Å². The summed E-state index contributed by atoms with van der Waals surface area (Å²) in [7, 11) is 0. The first-order chi connectivity index (χ1) is 10.1. The van der Waals surface area contributed by atoms with Crippen LogP contribution in [0.1, 0.15) is 25.0 Å². The standard InChI is InChI=1S/C18H24FNO/c1-14(2)11-20-12-17(10-16-7-8-21-13-16)9-15-3-5-18(19)6-4-15/h3-8,13-14,17,20H,9-12H2,1-2H3. The van der Waals surface area contributed by atoms with Gasteiger partial charge in [0.2, 0.25) is 0 Å². The Labute approximate surface area is 126 Å². The van der Waals surface area contributed by atoms with Gasteiger partial charge in [-0.1, -0.05) is 26.0 Å². The van der Waals surface area contributed by atoms with Gasteiger partial charge in [-0.25, -0.2) is 4.39 Å². The number of furan rings is 1. The van der Waals surface area contributed by atoms with E-state index in [1.54, 1.807) is 12.5 Å². The highest BCUT2D eigenvalue weighted by atomic mass is 19.1. The molecule has 0 aliphatic rings. The van der Waals surface area contributed by atoms with Crippen LogP contribution in [-0.4, -0.2) is 13.1 Å². The van der Waals surface area contributed by atoms with E-state index in [-0.39, 0.29) is 5.82 Å². The highest BCUT2D eigenvalue weighted by molar-refractivity contribution is 5.17. The maximum absolute atomic E-state index is 13.0. The summed E-state index contributed by atoms with van der Waals surface area (Å²) >= 11 is 0. The minimum Gasteiger partial charge on any atom is -0.472 e. The van der Waals surface area contributed by atoms with Crippen molar-refractivity contribution in [2.45, 2.75) is 26.7 Å². The lowest BCUT2D eigenvalue weighted by Gasteiger charge is -2.18. The van der Waals surface area contributed by atoms with E-state index in [1.165, 1.54) is 23.3 Å². The molecule has 1 aromatic carbocycles. The third-order valence-corrected chi connectivity index (χ3v) is 3.53. The fourth-order valence-corrected chi connectivity index (χ4v) is 2.49. The average molecular weight is 289 g/mol. The van der Waals surface area contributed by atoms with Crippen LogP contribution in [0.25, 0.3) is 0 Å². The lowest BCUT2D eigenvalue weighted by atomic mass is 9.93. The molecular formula is C18H24FNO. The Morgan fingerprint density at radius 1 is 1.00 bits per heavy atom. The van der Waals surface area contributed by atoms with Crippen molar-refractivity contribution in [1.82, 2.24) is 5.32 Å². The molecule has 1 unspecified atom stereocenters. The van der Waals surface area contributed by atoms with Crippen molar-refractivity contribution in [3.8, 4) is 0 Å². The van der Waals surface area contributed by atoms with Gasteiger partial charge in [0, 0.05) is 0 Å². The van der Waals surface area contributed by atoms with E-state index in [0.717, 1.165) is 25.9 Å². The Kier molecular flexibility index (Phi) is 6.00. The minimum atomic E-state index is -0.178. The summed E-state index contributed by atoms with van der Waals surface area (Å²) in [6.07, 6.45) is 5.43. The maximum Gasteiger partial charge on any atom is 0.123 e. The fraction of sp³-hybridized carbons (Fsp3) is 0.444. The average Bonchev–Trinajstić information content (AvgIpc) is 2.94. The lowest BCUT2D eigenvalue weighted by molar-refractivity contribution is 0.443. The monoisotopic (exact) mass is 289 g/mol. The maximum atomic E-state index is 13.0. The number of rotatable bonds is 8. The molecule has 2 aromatic rings. The molecule has 3 heteroatoms. The van der Waals surface area contributed by atoms with Crippen molar-refractivity contribution in [2.24, 2.45) is 11.8 Å². The van der Waals surface area contributed by atoms with Gasteiger partial charge in [-0.2, -0.15) is 0 Å². The first-order valence-corrected chi connectivity index (χ1v) is 7.59. The van der Waals surface area contributed by atoms with E-state index in [1.807, 2.05) is 18.2 Å². The van der Waals surface area contributed by atoms with Gasteiger partial charge >= 0.3 is 0 Å². The second-order valence-corrected chi connectivity index (χ2v) is 6.08. The van der Waals surface area contributed by atoms with Crippen molar-refractivity contribution >= 4 is 0 Å². The molecule has 1 N–H and O–H groups in total. The number of hydrogen-bond acceptors (Lipinski definition) is 2. The van der Waals surface area contributed by atoms with Gasteiger partial charge in [0.05, 0.1) is 12.5 Å². The molecule has 21 heavy (non-hydrogen) atoms. The van der Waals surface area contributed by atoms with Crippen LogP contribution < -0.4 is 5.32 Å². The Balaban J connectivity index is 1.95. The molecule has 0 bridgehead atoms. The van der Waals surface area contributed by atoms with Crippen LogP contribution in [0.5, 0.6) is 0 Å². The molecule has 2 rings (SSSR count). The second kappa shape index (κ2) is 7.99. The summed E-state index contributed by atoms with van der Waals surface area (Å²) in [5.74, 6) is 0.945. The predicted octanol–water partition coefficient (Wildman–Crippen LogP) is 4.07. The summed E-state index contributed by atoms with van der Waals surface area (Å²) in [6.45, 7) is 6.39. The zero-order valence-corrected chi connectivity index (χ0v) is 12.8. The Morgan fingerprint density at radius 2 is 1.71 bits per heavy atom. The molecular weight excluding hydrogens is 265 g/mol. The molecule has 0 saturated heterocycles. The lowest BCUT2D eigenvalue weighted by Crippen LogP contribution is -2.28. The van der Waals surface area contributed by atoms with Gasteiger partial charge in [0.1, 0.15) is 5.82 Å². The summed E-state index contributed by atoms with van der Waals surface area (Å²) in [6, 6.07) is 8.83. The molecule has 114 valence electrons. The van der Waals surface area contributed by atoms with E-state index in [2.05, 4.69) is 19.2 Å². The number of halogens is 1. The number of hydrogen-bond donors (Lipinski definition) is 1. The quantitative estimate of drug-likeness (QED) is 0.792. The van der Waals surface area contributed by atoms with E-state index in [0.29, 0.717) is 11.8 Å². The molecule has 0 amide bonds. The van der Waals surface area contributed by atoms with Gasteiger partial charge in [0.15, 0.2) is 0 Å². The van der Waals surface area contributed by atoms with Gasteiger partial charge in [-0.15, -0.1) is 0 Å². The van der Waals surface area contributed by atoms with Crippen LogP contribution >= 0.6 is 0 Å². The van der Waals surface area contributed by atoms with Crippen LogP contribution in [0.15, 0.2) is 47.3 Å². The molecule has 0 fully saturated rings. The van der Waals surface area contributed by atoms with Crippen molar-refractivity contribution < 1.29 is 8.81 Å². The first kappa shape index (κ1) is 15.8. The smallest absolute Gasteiger partial charge is 0.123 e. The normalized spacial score (nSPS) is 12.8. The molecule has 0 spiro atoms. The molecule has 0 aliphatic heterocycles. The van der Waals surface area contributed by atoms with Crippen molar-refractivity contribution in [3.63, 3.8) is 0 Å². The van der Waals surface area contributed by atoms with Crippen LogP contribution in [0.3, 0.4) is 0 Å². The van der Waals surface area contributed by atoms with E-state index >= 15 is 0 Å². The third kappa shape index (κ3) is 5.72. The molecule has 0 aliphatic carbocycles. The Bertz CT molecular complexity index is 505. The predicted molar refractivity (Wildman–Crippen MR) is 83.7 cm³/mol. The highest BCUT2D eigenvalue weighted by Gasteiger charge is 2.12. The van der Waals surface area contributed by atoms with E-state index < -0.39 is 0 Å². The molecule has 1 heterocycles. The minimum absolute atomic E-state index is 0.178. The van der Waals surface area contributed by atoms with Crippen molar-refractivity contribution in [3.05, 3.63) is 59.8 Å². The zero-order chi connectivity index (χ0) is 15.1. The molecule has 1 atom stereocenters. The van der Waals surface area contributed by atoms with Crippen LogP contribution in [0.4, 0.5) is 4.39 Å². The third-order valence-electron chi connectivity index (χ3n) is 3.53. The largest absolute Gasteiger partial charge is 0.472 e. The van der Waals surface area contributed by atoms with Crippen LogP contribution in [-0.2, 0) is 12.8 Å². The van der Waals surface area contributed by atoms with Gasteiger partial charge in [0.25, 0.3) is 0 Å². The van der Waals surface area contributed by atoms with Crippen LogP contribution in [0.2, 0.25) is 0 Å². The number of nitrogens with one attached hydrogen (secondary N) is 1. The Hall–Kier alpha value is -1.61. The number of benzene rings is 1. The summed E-state index contributed by atoms with van der Waals surface area (Å²) in [4.78, 5) is 0. The van der Waals surface area contributed by atoms with Gasteiger partial charge < -0.3 is 9.73 Å². The zero-order valence-electron chi connectivity index (χ0n) is 12.8. The molecule has 0 saturated carbocycles. The summed E-state index contributed by atoms with van der Waals surface area (Å²) in [5, 5.41) is 3.52. The molecule has 2 nitrogen and oxygen atoms in total. The van der Waals surface area contributed by atoms with Crippen molar-refractivity contribution in [2.75, 3.05) is 13.1 Å². The SMILES string of the molecule is CC(C)CNCC(Cc1ccc(F)cc1)Cc1ccoc1. The topological polar surface area (TPSA) is 25.2 Å². The van der Waals surface area contributed by atoms with Crippen molar-refractivity contribution in [1.29, 1.82) is 0 Å². The second-order valence-electron chi connectivity index (χ2n) is 6.08. The highest BCUT2D eigenvalue weighted by Crippen LogP contribution is 2.15. The Morgan fingerprint density at radius 3 is 2.33 bits per heavy atom. The summed E-state index contributed by atoms with van der Waals surface area (Å²) in [5.41, 5.74) is 2.39. The van der Waals surface area contributed by atoms with Gasteiger partial charge in [-0.3, -0.25) is 0 Å². The first-order valence-electron chi connectivity index (χ1n) is 7.59. The van der Waals surface area contributed by atoms with Gasteiger partial charge in [-0.05, 0) is 67.1 Å².